The third kappa shape index (κ3) is 2.17. The number of carbonyl (C=O) groups excluding carboxylic acids is 1. The van der Waals surface area contributed by atoms with E-state index < -0.39 is 21.0 Å². The highest BCUT2D eigenvalue weighted by molar-refractivity contribution is 7.87. The highest BCUT2D eigenvalue weighted by atomic mass is 35.5. The Morgan fingerprint density at radius 3 is 2.54 bits per heavy atom. The molecule has 76 valence electrons. The lowest BCUT2D eigenvalue weighted by atomic mass is 10.3. The van der Waals surface area contributed by atoms with Crippen LogP contribution in [0.25, 0.3) is 0 Å². The molecule has 1 rings (SSSR count). The maximum Gasteiger partial charge on any atom is 0.236 e. The molecule has 3 unspecified atom stereocenters. The van der Waals surface area contributed by atoms with E-state index in [4.69, 9.17) is 23.2 Å². The molecule has 1 aliphatic heterocycles. The van der Waals surface area contributed by atoms with Gasteiger partial charge < -0.3 is 4.90 Å². The van der Waals surface area contributed by atoms with Gasteiger partial charge in [0, 0.05) is 6.04 Å². The first-order chi connectivity index (χ1) is 5.95. The van der Waals surface area contributed by atoms with Crippen LogP contribution in [0.15, 0.2) is 0 Å². The highest BCUT2D eigenvalue weighted by Crippen LogP contribution is 2.25. The van der Waals surface area contributed by atoms with Crippen LogP contribution in [0, 0.1) is 0 Å². The second-order valence-electron chi connectivity index (χ2n) is 3.14. The molecule has 0 aromatic heterocycles. The lowest BCUT2D eigenvalue weighted by Gasteiger charge is -2.36. The monoisotopic (exact) mass is 243 g/mol. The minimum atomic E-state index is -1.34. The molecule has 0 spiro atoms. The summed E-state index contributed by atoms with van der Waals surface area (Å²) in [6.45, 7) is 3.70. The Labute approximate surface area is 89.8 Å². The molecule has 1 aliphatic rings. The van der Waals surface area contributed by atoms with Gasteiger partial charge in [-0.3, -0.25) is 9.00 Å². The molecule has 0 aromatic rings. The Morgan fingerprint density at radius 1 is 1.54 bits per heavy atom. The number of carbonyl (C=O) groups is 1. The molecule has 0 aromatic carbocycles. The maximum atomic E-state index is 11.4. The van der Waals surface area contributed by atoms with Crippen LogP contribution in [0.5, 0.6) is 0 Å². The number of nitrogens with zero attached hydrogens (tertiary/aromatic N) is 1. The van der Waals surface area contributed by atoms with Gasteiger partial charge in [-0.1, -0.05) is 11.6 Å². The van der Waals surface area contributed by atoms with Crippen LogP contribution in [0.1, 0.15) is 13.8 Å². The van der Waals surface area contributed by atoms with E-state index in [1.165, 1.54) is 4.90 Å². The van der Waals surface area contributed by atoms with Crippen LogP contribution in [0.4, 0.5) is 0 Å². The lowest BCUT2D eigenvalue weighted by Crippen LogP contribution is -2.53. The number of alkyl halides is 2. The van der Waals surface area contributed by atoms with Crippen LogP contribution in [0.2, 0.25) is 0 Å². The fourth-order valence-corrected chi connectivity index (χ4v) is 3.16. The lowest BCUT2D eigenvalue weighted by molar-refractivity contribution is -0.131. The van der Waals surface area contributed by atoms with Crippen molar-refractivity contribution < 1.29 is 9.00 Å². The number of amides is 1. The van der Waals surface area contributed by atoms with Crippen molar-refractivity contribution in [2.45, 2.75) is 30.1 Å². The second-order valence-corrected chi connectivity index (χ2v) is 5.88. The van der Waals surface area contributed by atoms with Crippen molar-refractivity contribution in [3.63, 3.8) is 0 Å². The maximum absolute atomic E-state index is 11.4. The molecule has 6 heteroatoms. The molecular weight excluding hydrogens is 233 g/mol. The van der Waals surface area contributed by atoms with Gasteiger partial charge in [-0.15, -0.1) is 11.6 Å². The summed E-state index contributed by atoms with van der Waals surface area (Å²) in [6, 6.07) is -0.00597. The molecule has 3 atom stereocenters. The molecule has 0 radical (unpaired) electrons. The van der Waals surface area contributed by atoms with Crippen LogP contribution in [0.3, 0.4) is 0 Å². The fraction of sp³-hybridized carbons (Fsp3) is 0.857. The van der Waals surface area contributed by atoms with Gasteiger partial charge in [-0.05, 0) is 13.8 Å². The Bertz CT molecular complexity index is 247. The summed E-state index contributed by atoms with van der Waals surface area (Å²) in [5, 5.41) is 0. The van der Waals surface area contributed by atoms with E-state index in [2.05, 4.69) is 0 Å². The molecule has 1 fully saturated rings. The third-order valence-corrected chi connectivity index (χ3v) is 4.71. The molecule has 13 heavy (non-hydrogen) atoms. The first-order valence-electron chi connectivity index (χ1n) is 3.91. The predicted molar refractivity (Wildman–Crippen MR) is 54.3 cm³/mol. The van der Waals surface area contributed by atoms with Gasteiger partial charge >= 0.3 is 0 Å². The predicted octanol–water partition coefficient (Wildman–Crippen LogP) is 1.12. The number of rotatable bonds is 1. The van der Waals surface area contributed by atoms with Crippen molar-refractivity contribution in [3.05, 3.63) is 0 Å². The number of halogens is 2. The quantitative estimate of drug-likeness (QED) is 0.512. The SMILES string of the molecule is CC(C)N1C(=O)CS(=O)C(Cl)C1Cl. The minimum absolute atomic E-state index is 0.00597. The number of hydrogen-bond acceptors (Lipinski definition) is 2. The molecule has 0 N–H and O–H groups in total. The van der Waals surface area contributed by atoms with E-state index in [-0.39, 0.29) is 17.7 Å². The fourth-order valence-electron chi connectivity index (χ4n) is 1.24. The Morgan fingerprint density at radius 2 is 2.08 bits per heavy atom. The summed E-state index contributed by atoms with van der Waals surface area (Å²) < 4.78 is 10.6. The van der Waals surface area contributed by atoms with Crippen molar-refractivity contribution in [2.24, 2.45) is 0 Å². The minimum Gasteiger partial charge on any atom is -0.321 e. The largest absolute Gasteiger partial charge is 0.321 e. The molecular formula is C7H11Cl2NO2S. The van der Waals surface area contributed by atoms with Crippen molar-refractivity contribution in [3.8, 4) is 0 Å². The standard InChI is InChI=1S/C7H11Cl2NO2S/c1-4(2)10-5(11)3-13(12)7(9)6(10)8/h4,6-7H,3H2,1-2H3. The van der Waals surface area contributed by atoms with Gasteiger partial charge in [0.2, 0.25) is 5.91 Å². The van der Waals surface area contributed by atoms with E-state index in [1.807, 2.05) is 13.8 Å². The Hall–Kier alpha value is 0.200. The van der Waals surface area contributed by atoms with Crippen molar-refractivity contribution in [1.82, 2.24) is 4.90 Å². The summed E-state index contributed by atoms with van der Waals surface area (Å²) in [5.41, 5.74) is -0.663. The summed E-state index contributed by atoms with van der Waals surface area (Å²) in [7, 11) is -1.34. The van der Waals surface area contributed by atoms with E-state index in [9.17, 15) is 9.00 Å². The summed E-state index contributed by atoms with van der Waals surface area (Å²) in [5.74, 6) is -0.208. The van der Waals surface area contributed by atoms with Crippen molar-refractivity contribution >= 4 is 39.9 Å². The first kappa shape index (κ1) is 11.3. The average Bonchev–Trinajstić information content (AvgIpc) is 1.99. The highest BCUT2D eigenvalue weighted by Gasteiger charge is 2.39. The summed E-state index contributed by atoms with van der Waals surface area (Å²) in [6.07, 6.45) is 0. The van der Waals surface area contributed by atoms with E-state index in [1.54, 1.807) is 0 Å². The topological polar surface area (TPSA) is 37.4 Å². The van der Waals surface area contributed by atoms with Gasteiger partial charge in [0.25, 0.3) is 0 Å². The normalized spacial score (nSPS) is 35.6. The van der Waals surface area contributed by atoms with Crippen molar-refractivity contribution in [2.75, 3.05) is 5.75 Å². The molecule has 1 amide bonds. The van der Waals surface area contributed by atoms with Gasteiger partial charge in [0.15, 0.2) is 0 Å². The molecule has 3 nitrogen and oxygen atoms in total. The Kier molecular flexibility index (Phi) is 3.60. The van der Waals surface area contributed by atoms with E-state index in [0.29, 0.717) is 0 Å². The summed E-state index contributed by atoms with van der Waals surface area (Å²) in [4.78, 5) is 12.9. The smallest absolute Gasteiger partial charge is 0.236 e. The van der Waals surface area contributed by atoms with Crippen molar-refractivity contribution in [1.29, 1.82) is 0 Å². The molecule has 1 heterocycles. The van der Waals surface area contributed by atoms with Crippen LogP contribution < -0.4 is 0 Å². The summed E-state index contributed by atoms with van der Waals surface area (Å²) >= 11 is 11.7. The second kappa shape index (κ2) is 4.15. The van der Waals surface area contributed by atoms with Gasteiger partial charge in [-0.2, -0.15) is 0 Å². The molecule has 1 saturated heterocycles. The zero-order valence-electron chi connectivity index (χ0n) is 7.37. The van der Waals surface area contributed by atoms with Gasteiger partial charge in [0.1, 0.15) is 16.0 Å². The van der Waals surface area contributed by atoms with Gasteiger partial charge in [0.05, 0.1) is 10.8 Å². The molecule has 0 bridgehead atoms. The van der Waals surface area contributed by atoms with Crippen LogP contribution >= 0.6 is 23.2 Å². The average molecular weight is 244 g/mol. The van der Waals surface area contributed by atoms with Crippen LogP contribution in [-0.2, 0) is 15.6 Å². The van der Waals surface area contributed by atoms with Crippen LogP contribution in [-0.4, -0.2) is 37.0 Å². The third-order valence-electron chi connectivity index (χ3n) is 1.84. The first-order valence-corrected chi connectivity index (χ1v) is 6.17. The zero-order valence-corrected chi connectivity index (χ0v) is 9.70. The van der Waals surface area contributed by atoms with E-state index in [0.717, 1.165) is 0 Å². The van der Waals surface area contributed by atoms with Gasteiger partial charge in [-0.25, -0.2) is 0 Å². The molecule has 0 aliphatic carbocycles. The Balaban J connectivity index is 2.85. The molecule has 0 saturated carbocycles. The van der Waals surface area contributed by atoms with E-state index >= 15 is 0 Å². The number of hydrogen-bond donors (Lipinski definition) is 0. The zero-order chi connectivity index (χ0) is 10.2.